The molecule has 0 saturated heterocycles. The van der Waals surface area contributed by atoms with E-state index in [4.69, 9.17) is 11.6 Å². The first-order chi connectivity index (χ1) is 18.4. The molecule has 0 fully saturated rings. The van der Waals surface area contributed by atoms with Crippen molar-refractivity contribution in [2.45, 2.75) is 57.6 Å². The van der Waals surface area contributed by atoms with E-state index in [9.17, 15) is 22.4 Å². The highest BCUT2D eigenvalue weighted by molar-refractivity contribution is 7.92. The molecule has 1 atom stereocenters. The molecule has 0 heterocycles. The fraction of sp³-hybridized carbons (Fsp3) is 0.310. The first kappa shape index (κ1) is 30.1. The quantitative estimate of drug-likeness (QED) is 0.337. The Morgan fingerprint density at radius 1 is 0.974 bits per heavy atom. The van der Waals surface area contributed by atoms with E-state index in [1.807, 2.05) is 13.8 Å². The second-order valence-electron chi connectivity index (χ2n) is 9.49. The number of carbonyl (C=O) groups is 2. The average Bonchev–Trinajstić information content (AvgIpc) is 2.88. The van der Waals surface area contributed by atoms with Crippen LogP contribution >= 0.6 is 11.6 Å². The van der Waals surface area contributed by atoms with Crippen LogP contribution in [0.15, 0.2) is 77.7 Å². The van der Waals surface area contributed by atoms with Crippen LogP contribution in [-0.2, 0) is 26.2 Å². The fourth-order valence-electron chi connectivity index (χ4n) is 4.18. The van der Waals surface area contributed by atoms with Crippen molar-refractivity contribution in [3.63, 3.8) is 0 Å². The van der Waals surface area contributed by atoms with Gasteiger partial charge in [-0.15, -0.1) is 0 Å². The monoisotopic (exact) mass is 573 g/mol. The molecule has 7 nitrogen and oxygen atoms in total. The van der Waals surface area contributed by atoms with Gasteiger partial charge in [-0.2, -0.15) is 0 Å². The number of amides is 2. The number of carbonyl (C=O) groups excluding carboxylic acids is 2. The summed E-state index contributed by atoms with van der Waals surface area (Å²) in [6.45, 7) is 6.60. The van der Waals surface area contributed by atoms with Crippen molar-refractivity contribution in [2.24, 2.45) is 0 Å². The van der Waals surface area contributed by atoms with Crippen molar-refractivity contribution in [3.05, 3.63) is 94.8 Å². The highest BCUT2D eigenvalue weighted by Gasteiger charge is 2.34. The number of halogens is 2. The largest absolute Gasteiger partial charge is 0.352 e. The standard InChI is InChI=1S/C29H33ClFN3O4S/c1-5-26(29(36)32-20(2)3)33(18-22-10-14-24(31)15-11-22)28(35)19-34(27-9-7-6-8-21(27)4)39(37,38)25-16-12-23(30)13-17-25/h6-17,20,26H,5,18-19H2,1-4H3,(H,32,36)/t26-/m0/s1. The molecule has 10 heteroatoms. The lowest BCUT2D eigenvalue weighted by Crippen LogP contribution is -2.53. The van der Waals surface area contributed by atoms with E-state index in [0.717, 1.165) is 4.31 Å². The lowest BCUT2D eigenvalue weighted by Gasteiger charge is -2.34. The predicted molar refractivity (Wildman–Crippen MR) is 151 cm³/mol. The summed E-state index contributed by atoms with van der Waals surface area (Å²) >= 11 is 5.98. The summed E-state index contributed by atoms with van der Waals surface area (Å²) in [5.41, 5.74) is 1.59. The molecule has 0 aliphatic carbocycles. The van der Waals surface area contributed by atoms with Gasteiger partial charge in [-0.25, -0.2) is 12.8 Å². The third-order valence-electron chi connectivity index (χ3n) is 6.15. The van der Waals surface area contributed by atoms with Crippen LogP contribution in [-0.4, -0.2) is 43.8 Å². The van der Waals surface area contributed by atoms with Gasteiger partial charge < -0.3 is 10.2 Å². The number of para-hydroxylation sites is 1. The van der Waals surface area contributed by atoms with Crippen LogP contribution in [0, 0.1) is 12.7 Å². The number of sulfonamides is 1. The minimum absolute atomic E-state index is 0.00819. The second kappa shape index (κ2) is 13.1. The van der Waals surface area contributed by atoms with Crippen LogP contribution in [0.25, 0.3) is 0 Å². The van der Waals surface area contributed by atoms with Crippen LogP contribution in [0.3, 0.4) is 0 Å². The molecule has 0 aliphatic rings. The van der Waals surface area contributed by atoms with E-state index in [1.54, 1.807) is 38.1 Å². The molecule has 2 amide bonds. The Kier molecular flexibility index (Phi) is 10.1. The number of nitrogens with zero attached hydrogens (tertiary/aromatic N) is 2. The number of aryl methyl sites for hydroxylation is 1. The van der Waals surface area contributed by atoms with Crippen molar-refractivity contribution in [2.75, 3.05) is 10.8 Å². The van der Waals surface area contributed by atoms with E-state index >= 15 is 0 Å². The Morgan fingerprint density at radius 2 is 1.59 bits per heavy atom. The maximum atomic E-state index is 14.0. The number of hydrogen-bond acceptors (Lipinski definition) is 4. The SMILES string of the molecule is CC[C@@H](C(=O)NC(C)C)N(Cc1ccc(F)cc1)C(=O)CN(c1ccccc1C)S(=O)(=O)c1ccc(Cl)cc1. The minimum Gasteiger partial charge on any atom is -0.352 e. The first-order valence-corrected chi connectivity index (χ1v) is 14.4. The number of hydrogen-bond donors (Lipinski definition) is 1. The number of anilines is 1. The molecule has 3 aromatic carbocycles. The first-order valence-electron chi connectivity index (χ1n) is 12.6. The molecule has 0 aliphatic heterocycles. The molecule has 0 unspecified atom stereocenters. The Hall–Kier alpha value is -3.43. The summed E-state index contributed by atoms with van der Waals surface area (Å²) in [5.74, 6) is -1.36. The molecule has 0 saturated carbocycles. The van der Waals surface area contributed by atoms with Gasteiger partial charge in [0.15, 0.2) is 0 Å². The number of rotatable bonds is 11. The Labute approximate surface area is 234 Å². The van der Waals surface area contributed by atoms with Crippen molar-refractivity contribution in [3.8, 4) is 0 Å². The third-order valence-corrected chi connectivity index (χ3v) is 8.17. The van der Waals surface area contributed by atoms with Gasteiger partial charge in [-0.1, -0.05) is 48.9 Å². The van der Waals surface area contributed by atoms with Crippen molar-refractivity contribution < 1.29 is 22.4 Å². The van der Waals surface area contributed by atoms with E-state index in [2.05, 4.69) is 5.32 Å². The van der Waals surface area contributed by atoms with E-state index in [0.29, 0.717) is 28.3 Å². The normalized spacial score (nSPS) is 12.2. The van der Waals surface area contributed by atoms with Gasteiger partial charge in [0.05, 0.1) is 10.6 Å². The molecule has 0 radical (unpaired) electrons. The van der Waals surface area contributed by atoms with E-state index in [1.165, 1.54) is 53.4 Å². The Morgan fingerprint density at radius 3 is 2.15 bits per heavy atom. The second-order valence-corrected chi connectivity index (χ2v) is 11.8. The number of benzene rings is 3. The highest BCUT2D eigenvalue weighted by Crippen LogP contribution is 2.28. The molecule has 3 rings (SSSR count). The smallest absolute Gasteiger partial charge is 0.264 e. The molecular weight excluding hydrogens is 541 g/mol. The van der Waals surface area contributed by atoms with Crippen molar-refractivity contribution in [1.82, 2.24) is 10.2 Å². The summed E-state index contributed by atoms with van der Waals surface area (Å²) in [5, 5.41) is 3.22. The van der Waals surface area contributed by atoms with Gasteiger partial charge >= 0.3 is 0 Å². The molecule has 0 spiro atoms. The maximum absolute atomic E-state index is 14.0. The molecule has 3 aromatic rings. The van der Waals surface area contributed by atoms with Gasteiger partial charge in [-0.05, 0) is 80.8 Å². The molecule has 39 heavy (non-hydrogen) atoms. The molecule has 0 aromatic heterocycles. The predicted octanol–water partition coefficient (Wildman–Crippen LogP) is 5.31. The van der Waals surface area contributed by atoms with Crippen LogP contribution in [0.1, 0.15) is 38.3 Å². The van der Waals surface area contributed by atoms with Gasteiger partial charge in [-0.3, -0.25) is 13.9 Å². The van der Waals surface area contributed by atoms with Crippen LogP contribution in [0.4, 0.5) is 10.1 Å². The number of nitrogens with one attached hydrogen (secondary N) is 1. The lowest BCUT2D eigenvalue weighted by atomic mass is 10.1. The summed E-state index contributed by atoms with van der Waals surface area (Å²) in [6, 6.07) is 17.1. The Balaban J connectivity index is 2.07. The summed E-state index contributed by atoms with van der Waals surface area (Å²) in [7, 11) is -4.20. The third kappa shape index (κ3) is 7.58. The van der Waals surface area contributed by atoms with E-state index < -0.39 is 34.3 Å². The van der Waals surface area contributed by atoms with Crippen molar-refractivity contribution >= 4 is 39.1 Å². The lowest BCUT2D eigenvalue weighted by molar-refractivity contribution is -0.140. The van der Waals surface area contributed by atoms with Gasteiger partial charge in [0, 0.05) is 17.6 Å². The minimum atomic E-state index is -4.20. The Bertz CT molecular complexity index is 1400. The topological polar surface area (TPSA) is 86.8 Å². The molecule has 1 N–H and O–H groups in total. The summed E-state index contributed by atoms with van der Waals surface area (Å²) in [4.78, 5) is 28.4. The highest BCUT2D eigenvalue weighted by atomic mass is 35.5. The van der Waals surface area contributed by atoms with Gasteiger partial charge in [0.1, 0.15) is 18.4 Å². The zero-order valence-corrected chi connectivity index (χ0v) is 24.0. The molecule has 208 valence electrons. The fourth-order valence-corrected chi connectivity index (χ4v) is 5.78. The van der Waals surface area contributed by atoms with Crippen LogP contribution in [0.5, 0.6) is 0 Å². The average molecular weight is 574 g/mol. The van der Waals surface area contributed by atoms with Gasteiger partial charge in [0.2, 0.25) is 11.8 Å². The van der Waals surface area contributed by atoms with Gasteiger partial charge in [0.25, 0.3) is 10.0 Å². The van der Waals surface area contributed by atoms with E-state index in [-0.39, 0.29) is 23.4 Å². The zero-order valence-electron chi connectivity index (χ0n) is 22.4. The molecule has 0 bridgehead atoms. The maximum Gasteiger partial charge on any atom is 0.264 e. The van der Waals surface area contributed by atoms with Crippen LogP contribution < -0.4 is 9.62 Å². The summed E-state index contributed by atoms with van der Waals surface area (Å²) in [6.07, 6.45) is 0.291. The van der Waals surface area contributed by atoms with Crippen LogP contribution in [0.2, 0.25) is 5.02 Å². The molecular formula is C29H33ClFN3O4S. The summed E-state index contributed by atoms with van der Waals surface area (Å²) < 4.78 is 42.3. The van der Waals surface area contributed by atoms with Crippen molar-refractivity contribution in [1.29, 1.82) is 0 Å². The zero-order chi connectivity index (χ0) is 28.7.